The van der Waals surface area contributed by atoms with Crippen molar-refractivity contribution in [2.45, 2.75) is 163 Å². The lowest BCUT2D eigenvalue weighted by Crippen LogP contribution is -2.68. The fourth-order valence-electron chi connectivity index (χ4n) is 22.2. The van der Waals surface area contributed by atoms with E-state index in [0.29, 0.717) is 80.0 Å². The number of ether oxygens (including phenoxy) is 2. The molecule has 0 aliphatic carbocycles. The zero-order valence-electron chi connectivity index (χ0n) is 77.8. The van der Waals surface area contributed by atoms with E-state index < -0.39 is 20.0 Å². The molecule has 0 bridgehead atoms. The number of aryl methyl sites for hydroxylation is 5. The molecule has 8 fully saturated rings. The SMILES string of the molecule is COC[C@@H]1[C@@H](c2ccc(-c3cccc(C)c3)cc2)[C@@H]2CN(S(=O)(=O)c3ccccc3C)CCCCN12.COC[C@@H]1[C@H](c2ccc(-c3cccc(C)c3)cc2)[C@H]2CN(C(=O)c3ccncc3)CCCCN12.Cc1cccc(-c2ccc([C@@H]3[C@H]4CN(C(=O)c5ccncc5)CCCCN4[C@H]3CO)cc2)c1.Cc1ccccc1-c1ccc([C@@H]2[C@@H](CO)N3CCCCN(S(C)(=O)=O)C[C@@H]23)cc1. The highest BCUT2D eigenvalue weighted by Gasteiger charge is 2.54. The Morgan fingerprint density at radius 1 is 0.348 bits per heavy atom. The van der Waals surface area contributed by atoms with Crippen molar-refractivity contribution in [2.75, 3.05) is 125 Å². The summed E-state index contributed by atoms with van der Waals surface area (Å²) in [5, 5.41) is 20.2. The molecule has 0 unspecified atom stereocenters. The second kappa shape index (κ2) is 43.4. The fourth-order valence-corrected chi connectivity index (χ4v) is 24.8. The number of hydrogen-bond donors (Lipinski definition) is 2. The first-order valence-corrected chi connectivity index (χ1v) is 50.7. The van der Waals surface area contributed by atoms with E-state index in [1.165, 1.54) is 95.3 Å². The normalized spacial score (nSPS) is 23.8. The number of amides is 2. The number of nitrogens with zero attached hydrogens (tertiary/aromatic N) is 10. The molecule has 0 spiro atoms. The number of fused-ring (bicyclic) bond motifs is 4. The van der Waals surface area contributed by atoms with Gasteiger partial charge >= 0.3 is 0 Å². The summed E-state index contributed by atoms with van der Waals surface area (Å²) in [5.74, 6) is 1.11. The van der Waals surface area contributed by atoms with Gasteiger partial charge in [0.15, 0.2) is 0 Å². The first kappa shape index (κ1) is 94.9. The summed E-state index contributed by atoms with van der Waals surface area (Å²) in [6, 6.07) is 85.3. The molecule has 132 heavy (non-hydrogen) atoms. The number of aromatic nitrogens is 2. The molecule has 9 aromatic carbocycles. The van der Waals surface area contributed by atoms with Gasteiger partial charge in [0.1, 0.15) is 0 Å². The maximum Gasteiger partial charge on any atom is 0.254 e. The molecule has 0 saturated carbocycles. The zero-order chi connectivity index (χ0) is 92.2. The van der Waals surface area contributed by atoms with Crippen molar-refractivity contribution in [3.63, 3.8) is 0 Å². The Morgan fingerprint density at radius 2 is 0.674 bits per heavy atom. The molecule has 692 valence electrons. The number of carbonyl (C=O) groups excluding carboxylic acids is 2. The van der Waals surface area contributed by atoms with Gasteiger partial charge in [0.2, 0.25) is 20.0 Å². The van der Waals surface area contributed by atoms with Crippen molar-refractivity contribution in [1.82, 2.24) is 48.0 Å². The number of pyridine rings is 2. The first-order chi connectivity index (χ1) is 64.1. The Kier molecular flexibility index (Phi) is 31.2. The number of methoxy groups -OCH3 is 2. The van der Waals surface area contributed by atoms with E-state index in [-0.39, 0.29) is 79.0 Å². The van der Waals surface area contributed by atoms with Gasteiger partial charge in [0.25, 0.3) is 11.8 Å². The molecular formula is C110H130N10O10S2. The molecule has 0 radical (unpaired) electrons. The second-order valence-corrected chi connectivity index (χ2v) is 41.2. The highest BCUT2D eigenvalue weighted by atomic mass is 32.2. The van der Waals surface area contributed by atoms with Gasteiger partial charge in [-0.2, -0.15) is 4.31 Å². The molecule has 8 aliphatic heterocycles. The van der Waals surface area contributed by atoms with E-state index in [2.05, 4.69) is 245 Å². The summed E-state index contributed by atoms with van der Waals surface area (Å²) in [6.07, 6.45) is 15.8. The third-order valence-corrected chi connectivity index (χ3v) is 32.3. The van der Waals surface area contributed by atoms with E-state index in [1.54, 1.807) is 65.8 Å². The molecule has 19 rings (SSSR count). The molecule has 10 heterocycles. The van der Waals surface area contributed by atoms with Crippen LogP contribution in [0.3, 0.4) is 0 Å². The van der Waals surface area contributed by atoms with Crippen LogP contribution in [0.25, 0.3) is 44.5 Å². The van der Waals surface area contributed by atoms with Crippen LogP contribution >= 0.6 is 0 Å². The van der Waals surface area contributed by atoms with Gasteiger partial charge in [-0.3, -0.25) is 39.2 Å². The van der Waals surface area contributed by atoms with Crippen LogP contribution in [0.2, 0.25) is 0 Å². The molecule has 2 N–H and O–H groups in total. The smallest absolute Gasteiger partial charge is 0.254 e. The molecule has 2 amide bonds. The predicted molar refractivity (Wildman–Crippen MR) is 526 cm³/mol. The van der Waals surface area contributed by atoms with Crippen molar-refractivity contribution >= 4 is 31.9 Å². The van der Waals surface area contributed by atoms with Gasteiger partial charge in [-0.25, -0.2) is 21.1 Å². The van der Waals surface area contributed by atoms with E-state index in [4.69, 9.17) is 9.47 Å². The van der Waals surface area contributed by atoms with Gasteiger partial charge in [0.05, 0.1) is 37.6 Å². The highest BCUT2D eigenvalue weighted by molar-refractivity contribution is 7.89. The third-order valence-electron chi connectivity index (χ3n) is 29.0. The van der Waals surface area contributed by atoms with Gasteiger partial charge in [0, 0.05) is 174 Å². The number of sulfonamides is 2. The average molecular weight is 1820 g/mol. The number of rotatable bonds is 19. The minimum absolute atomic E-state index is 0.0591. The quantitative estimate of drug-likeness (QED) is 0.0770. The molecule has 2 aromatic heterocycles. The monoisotopic (exact) mass is 1810 g/mol. The summed E-state index contributed by atoms with van der Waals surface area (Å²) >= 11 is 0. The predicted octanol–water partition coefficient (Wildman–Crippen LogP) is 17.0. The van der Waals surface area contributed by atoms with Crippen LogP contribution in [-0.4, -0.2) is 261 Å². The van der Waals surface area contributed by atoms with Crippen LogP contribution in [0.15, 0.2) is 272 Å². The summed E-state index contributed by atoms with van der Waals surface area (Å²) in [5.41, 5.74) is 21.9. The van der Waals surface area contributed by atoms with Gasteiger partial charge in [-0.05, 0) is 220 Å². The molecule has 11 aromatic rings. The number of carbonyl (C=O) groups is 2. The molecular weight excluding hydrogens is 1690 g/mol. The second-order valence-electron chi connectivity index (χ2n) is 37.3. The van der Waals surface area contributed by atoms with Crippen LogP contribution in [-0.2, 0) is 29.5 Å². The van der Waals surface area contributed by atoms with Crippen molar-refractivity contribution in [3.05, 3.63) is 329 Å². The largest absolute Gasteiger partial charge is 0.395 e. The van der Waals surface area contributed by atoms with Crippen LogP contribution in [0.4, 0.5) is 0 Å². The van der Waals surface area contributed by atoms with Gasteiger partial charge in [-0.1, -0.05) is 229 Å². The Hall–Kier alpha value is -10.3. The van der Waals surface area contributed by atoms with Gasteiger partial charge in [-0.15, -0.1) is 0 Å². The molecule has 8 aliphatic rings. The maximum absolute atomic E-state index is 13.7. The lowest BCUT2D eigenvalue weighted by molar-refractivity contribution is -0.0680. The Balaban J connectivity index is 0.000000129. The molecule has 8 saturated heterocycles. The lowest BCUT2D eigenvalue weighted by atomic mass is 9.74. The van der Waals surface area contributed by atoms with Crippen LogP contribution in [0.1, 0.15) is 146 Å². The van der Waals surface area contributed by atoms with Crippen molar-refractivity contribution in [2.24, 2.45) is 0 Å². The standard InChI is InChI=1S/C30H36N2O3S.C29H33N3O2.C28H31N3O2.C23H30N2O3S/c1-22-9-8-11-26(19-22)24-13-15-25(16-14-24)30-27-20-31(17-6-7-18-32(27)28(30)21-35-3)36(33,34)29-12-5-4-10-23(29)2;1-21-6-5-7-25(18-21)22-8-10-23(11-9-22)28-26-19-31(29(33)24-12-14-30-15-13-24)16-3-4-17-32(26)27(28)20-34-2;1-20-5-4-6-24(17-20)21-7-9-22(10-8-21)27-25-18-30(28(33)23-11-13-29-14-12-23)15-2-3-16-31(25)26(27)19-32;1-17-7-3-4-8-20(17)18-9-11-19(12-10-18)23-21-15-24(29(2,27)28)13-5-6-14-25(21)22(23)16-26/h4-5,8-16,19,27-28,30H,6-7,17-18,20-21H2,1-3H3;5-15,18,26-28H,3-4,16-17,19-20H2,1-2H3;4-14,17,25-27,32H,2-3,15-16,18-19H2,1H3;3-4,7-12,21-23,26H,5-6,13-16H2,1-2H3/t27-,28+,30-;26-,27-,28-;25-,26+,27-;21-,22+,23-/m0110/s1. The minimum atomic E-state index is -3.56. The fraction of sp³-hybridized carbons (Fsp3) is 0.400. The van der Waals surface area contributed by atoms with Crippen molar-refractivity contribution in [1.29, 1.82) is 0 Å². The summed E-state index contributed by atoms with van der Waals surface area (Å²) in [4.78, 5) is 48.8. The molecule has 20 nitrogen and oxygen atoms in total. The number of hydrogen-bond acceptors (Lipinski definition) is 16. The first-order valence-electron chi connectivity index (χ1n) is 47.4. The van der Waals surface area contributed by atoms with E-state index in [0.717, 1.165) is 103 Å². The zero-order valence-corrected chi connectivity index (χ0v) is 79.4. The summed E-state index contributed by atoms with van der Waals surface area (Å²) in [6.45, 7) is 21.0. The number of benzene rings is 9. The summed E-state index contributed by atoms with van der Waals surface area (Å²) in [7, 11) is -3.24. The van der Waals surface area contributed by atoms with E-state index in [1.807, 2.05) is 53.1 Å². The molecule has 12 atom stereocenters. The maximum atomic E-state index is 13.7. The molecule has 22 heteroatoms. The lowest BCUT2D eigenvalue weighted by Gasteiger charge is -2.57. The van der Waals surface area contributed by atoms with Crippen molar-refractivity contribution < 1.29 is 46.1 Å². The van der Waals surface area contributed by atoms with E-state index >= 15 is 0 Å². The van der Waals surface area contributed by atoms with E-state index in [9.17, 15) is 36.6 Å². The Bertz CT molecular complexity index is 5920. The highest BCUT2D eigenvalue weighted by Crippen LogP contribution is 2.48. The number of aliphatic hydroxyl groups excluding tert-OH is 2. The van der Waals surface area contributed by atoms with Crippen LogP contribution < -0.4 is 0 Å². The van der Waals surface area contributed by atoms with Gasteiger partial charge < -0.3 is 29.5 Å². The number of aliphatic hydroxyl groups is 2. The Labute approximate surface area is 782 Å². The topological polar surface area (TPSA) is 213 Å². The van der Waals surface area contributed by atoms with Crippen LogP contribution in [0.5, 0.6) is 0 Å². The van der Waals surface area contributed by atoms with Crippen molar-refractivity contribution in [3.8, 4) is 44.5 Å². The van der Waals surface area contributed by atoms with Crippen LogP contribution in [0, 0.1) is 34.6 Å². The Morgan fingerprint density at radius 3 is 1.04 bits per heavy atom. The summed E-state index contributed by atoms with van der Waals surface area (Å²) < 4.78 is 66.5. The third kappa shape index (κ3) is 21.3. The average Bonchev–Trinajstić information content (AvgIpc) is 0.748. The minimum Gasteiger partial charge on any atom is -0.395 e.